The number of aryl methyl sites for hydroxylation is 2. The zero-order chi connectivity index (χ0) is 19.5. The first kappa shape index (κ1) is 19.0. The van der Waals surface area contributed by atoms with Gasteiger partial charge in [-0.05, 0) is 42.9 Å². The number of allylic oxidation sites excluding steroid dienone is 1. The van der Waals surface area contributed by atoms with Gasteiger partial charge in [0.05, 0.1) is 17.0 Å². The van der Waals surface area contributed by atoms with E-state index in [-0.39, 0.29) is 5.56 Å². The number of hydrogen-bond acceptors (Lipinski definition) is 5. The van der Waals surface area contributed by atoms with E-state index < -0.39 is 0 Å². The van der Waals surface area contributed by atoms with Crippen molar-refractivity contribution in [2.45, 2.75) is 49.6 Å². The van der Waals surface area contributed by atoms with Crippen molar-refractivity contribution in [3.63, 3.8) is 0 Å². The van der Waals surface area contributed by atoms with E-state index in [9.17, 15) is 10.1 Å². The molecule has 28 heavy (non-hydrogen) atoms. The van der Waals surface area contributed by atoms with Gasteiger partial charge in [0.25, 0.3) is 5.56 Å². The van der Waals surface area contributed by atoms with Crippen LogP contribution in [-0.2, 0) is 25.1 Å². The highest BCUT2D eigenvalue weighted by Crippen LogP contribution is 2.34. The summed E-state index contributed by atoms with van der Waals surface area (Å²) >= 11 is 3.19. The van der Waals surface area contributed by atoms with E-state index in [0.29, 0.717) is 23.0 Å². The minimum atomic E-state index is 0.0420. The van der Waals surface area contributed by atoms with E-state index in [1.54, 1.807) is 22.0 Å². The molecule has 0 N–H and O–H groups in total. The molecule has 6 heteroatoms. The number of fused-ring (bicyclic) bond motifs is 3. The topological polar surface area (TPSA) is 58.7 Å². The standard InChI is InChI=1S/C22H21N3OS2/c1-2-12-25-21(26)19-17-10-4-3-5-11-18(17)28-20(19)24-22(25)27-14-16-9-7-6-8-15(16)13-23/h2,6-9H,1,3-5,10-12,14H2. The second-order valence-electron chi connectivity index (χ2n) is 6.90. The van der Waals surface area contributed by atoms with Crippen molar-refractivity contribution >= 4 is 33.3 Å². The number of thioether (sulfide) groups is 1. The quantitative estimate of drug-likeness (QED) is 0.256. The van der Waals surface area contributed by atoms with Gasteiger partial charge in [-0.25, -0.2) is 4.98 Å². The van der Waals surface area contributed by atoms with Crippen LogP contribution in [0.15, 0.2) is 46.9 Å². The van der Waals surface area contributed by atoms with Crippen LogP contribution in [0.2, 0.25) is 0 Å². The van der Waals surface area contributed by atoms with Gasteiger partial charge in [0.15, 0.2) is 5.16 Å². The first-order chi connectivity index (χ1) is 13.7. The highest BCUT2D eigenvalue weighted by Gasteiger charge is 2.21. The van der Waals surface area contributed by atoms with Gasteiger partial charge in [-0.1, -0.05) is 42.5 Å². The molecule has 1 aliphatic carbocycles. The Morgan fingerprint density at radius 3 is 2.93 bits per heavy atom. The van der Waals surface area contributed by atoms with Gasteiger partial charge in [-0.15, -0.1) is 17.9 Å². The molecule has 0 aliphatic heterocycles. The Labute approximate surface area is 172 Å². The van der Waals surface area contributed by atoms with E-state index >= 15 is 0 Å². The zero-order valence-electron chi connectivity index (χ0n) is 15.6. The molecule has 1 aliphatic rings. The third-order valence-electron chi connectivity index (χ3n) is 5.10. The van der Waals surface area contributed by atoms with Crippen LogP contribution in [0, 0.1) is 11.3 Å². The molecule has 0 saturated carbocycles. The number of rotatable bonds is 5. The lowest BCUT2D eigenvalue weighted by Gasteiger charge is -2.11. The first-order valence-corrected chi connectivity index (χ1v) is 11.3. The van der Waals surface area contributed by atoms with Crippen LogP contribution in [-0.4, -0.2) is 9.55 Å². The molecule has 4 rings (SSSR count). The van der Waals surface area contributed by atoms with E-state index in [1.165, 1.54) is 35.0 Å². The maximum absolute atomic E-state index is 13.3. The molecule has 0 atom stereocenters. The lowest BCUT2D eigenvalue weighted by molar-refractivity contribution is 0.671. The highest BCUT2D eigenvalue weighted by molar-refractivity contribution is 7.98. The van der Waals surface area contributed by atoms with Crippen LogP contribution in [0.4, 0.5) is 0 Å². The van der Waals surface area contributed by atoms with E-state index in [2.05, 4.69) is 12.6 Å². The summed E-state index contributed by atoms with van der Waals surface area (Å²) in [6, 6.07) is 9.80. The van der Waals surface area contributed by atoms with Crippen molar-refractivity contribution in [1.29, 1.82) is 5.26 Å². The van der Waals surface area contributed by atoms with Gasteiger partial charge in [-0.2, -0.15) is 5.26 Å². The zero-order valence-corrected chi connectivity index (χ0v) is 17.2. The molecule has 2 heterocycles. The summed E-state index contributed by atoms with van der Waals surface area (Å²) in [6.07, 6.45) is 7.32. The molecule has 0 unspecified atom stereocenters. The van der Waals surface area contributed by atoms with Crippen LogP contribution in [0.25, 0.3) is 10.2 Å². The molecule has 0 saturated heterocycles. The third kappa shape index (κ3) is 3.52. The van der Waals surface area contributed by atoms with Crippen molar-refractivity contribution in [2.24, 2.45) is 0 Å². The monoisotopic (exact) mass is 407 g/mol. The smallest absolute Gasteiger partial charge is 0.263 e. The fourth-order valence-electron chi connectivity index (χ4n) is 3.69. The molecule has 0 amide bonds. The summed E-state index contributed by atoms with van der Waals surface area (Å²) in [5.41, 5.74) is 2.88. The summed E-state index contributed by atoms with van der Waals surface area (Å²) in [5.74, 6) is 0.601. The Hall–Kier alpha value is -2.36. The summed E-state index contributed by atoms with van der Waals surface area (Å²) in [7, 11) is 0. The lowest BCUT2D eigenvalue weighted by atomic mass is 10.1. The van der Waals surface area contributed by atoms with Crippen LogP contribution in [0.5, 0.6) is 0 Å². The molecule has 0 fully saturated rings. The van der Waals surface area contributed by atoms with Crippen molar-refractivity contribution in [3.8, 4) is 6.07 Å². The van der Waals surface area contributed by atoms with Crippen molar-refractivity contribution in [3.05, 3.63) is 68.8 Å². The number of nitrogens with zero attached hydrogens (tertiary/aromatic N) is 3. The van der Waals surface area contributed by atoms with E-state index in [4.69, 9.17) is 4.98 Å². The SMILES string of the molecule is C=CCn1c(SCc2ccccc2C#N)nc2sc3c(c2c1=O)CCCCC3. The van der Waals surface area contributed by atoms with Gasteiger partial charge >= 0.3 is 0 Å². The van der Waals surface area contributed by atoms with Crippen molar-refractivity contribution in [2.75, 3.05) is 0 Å². The number of aromatic nitrogens is 2. The molecule has 0 spiro atoms. The van der Waals surface area contributed by atoms with E-state index in [1.807, 2.05) is 24.3 Å². The summed E-state index contributed by atoms with van der Waals surface area (Å²) in [4.78, 5) is 20.4. The minimum Gasteiger partial charge on any atom is -0.283 e. The number of nitriles is 1. The molecule has 3 aromatic rings. The highest BCUT2D eigenvalue weighted by atomic mass is 32.2. The summed E-state index contributed by atoms with van der Waals surface area (Å²) in [6.45, 7) is 4.26. The molecule has 142 valence electrons. The van der Waals surface area contributed by atoms with Crippen LogP contribution in [0.1, 0.15) is 40.8 Å². The van der Waals surface area contributed by atoms with Gasteiger partial charge in [0.1, 0.15) is 4.83 Å². The van der Waals surface area contributed by atoms with E-state index in [0.717, 1.165) is 35.0 Å². The van der Waals surface area contributed by atoms with Gasteiger partial charge in [0.2, 0.25) is 0 Å². The fourth-order valence-corrected chi connectivity index (χ4v) is 6.01. The summed E-state index contributed by atoms with van der Waals surface area (Å²) in [5, 5.41) is 10.8. The average Bonchev–Trinajstić information content (AvgIpc) is 2.90. The van der Waals surface area contributed by atoms with Crippen molar-refractivity contribution in [1.82, 2.24) is 9.55 Å². The number of hydrogen-bond donors (Lipinski definition) is 0. The maximum Gasteiger partial charge on any atom is 0.263 e. The van der Waals surface area contributed by atoms with Gasteiger partial charge < -0.3 is 0 Å². The maximum atomic E-state index is 13.3. The van der Waals surface area contributed by atoms with Crippen molar-refractivity contribution < 1.29 is 0 Å². The second-order valence-corrected chi connectivity index (χ2v) is 8.93. The second kappa shape index (κ2) is 8.34. The molecule has 4 nitrogen and oxygen atoms in total. The molecule has 0 bridgehead atoms. The predicted octanol–water partition coefficient (Wildman–Crippen LogP) is 5.08. The Balaban J connectivity index is 1.77. The average molecular weight is 408 g/mol. The predicted molar refractivity (Wildman–Crippen MR) is 116 cm³/mol. The normalized spacial score (nSPS) is 13.7. The fraction of sp³-hybridized carbons (Fsp3) is 0.318. The van der Waals surface area contributed by atoms with Gasteiger partial charge in [0, 0.05) is 17.2 Å². The molecule has 0 radical (unpaired) electrons. The van der Waals surface area contributed by atoms with Crippen LogP contribution >= 0.6 is 23.1 Å². The van der Waals surface area contributed by atoms with Gasteiger partial charge in [-0.3, -0.25) is 9.36 Å². The lowest BCUT2D eigenvalue weighted by Crippen LogP contribution is -2.23. The molecular weight excluding hydrogens is 386 g/mol. The Kier molecular flexibility index (Phi) is 5.65. The minimum absolute atomic E-state index is 0.0420. The number of benzene rings is 1. The Morgan fingerprint density at radius 2 is 2.11 bits per heavy atom. The first-order valence-electron chi connectivity index (χ1n) is 9.49. The molecule has 1 aromatic carbocycles. The van der Waals surface area contributed by atoms with Crippen LogP contribution < -0.4 is 5.56 Å². The Morgan fingerprint density at radius 1 is 1.29 bits per heavy atom. The molecule has 2 aromatic heterocycles. The Bertz CT molecular complexity index is 1140. The third-order valence-corrected chi connectivity index (χ3v) is 7.31. The largest absolute Gasteiger partial charge is 0.283 e. The summed E-state index contributed by atoms with van der Waals surface area (Å²) < 4.78 is 1.73. The number of thiophene rings is 1. The molecular formula is C22H21N3OS2. The van der Waals surface area contributed by atoms with Crippen LogP contribution in [0.3, 0.4) is 0 Å².